The van der Waals surface area contributed by atoms with Crippen molar-refractivity contribution in [3.63, 3.8) is 0 Å². The van der Waals surface area contributed by atoms with Gasteiger partial charge in [0, 0.05) is 31.2 Å². The molecule has 2 fully saturated rings. The van der Waals surface area contributed by atoms with Gasteiger partial charge in [-0.2, -0.15) is 5.10 Å². The molecule has 2 aliphatic rings. The summed E-state index contributed by atoms with van der Waals surface area (Å²) >= 11 is 0. The molecule has 8 nitrogen and oxygen atoms in total. The molecule has 1 aromatic carbocycles. The van der Waals surface area contributed by atoms with Crippen LogP contribution in [0.1, 0.15) is 42.5 Å². The summed E-state index contributed by atoms with van der Waals surface area (Å²) in [6.45, 7) is 3.29. The zero-order valence-electron chi connectivity index (χ0n) is 16.6. The predicted molar refractivity (Wildman–Crippen MR) is 112 cm³/mol. The minimum atomic E-state index is -0.720. The zero-order valence-corrected chi connectivity index (χ0v) is 16.6. The van der Waals surface area contributed by atoms with Crippen molar-refractivity contribution in [2.45, 2.75) is 37.6 Å². The first-order valence-corrected chi connectivity index (χ1v) is 10.3. The van der Waals surface area contributed by atoms with E-state index in [1.165, 1.54) is 6.42 Å². The SMILES string of the molecule is NC(=O)c1ccc(NC(=O)C2(n3cccn3)CCNCC2)cc1N1CCCCC1. The number of primary amides is 1. The molecule has 3 heterocycles. The first-order valence-electron chi connectivity index (χ1n) is 10.3. The van der Waals surface area contributed by atoms with E-state index in [0.717, 1.165) is 44.7 Å². The van der Waals surface area contributed by atoms with Gasteiger partial charge in [-0.15, -0.1) is 0 Å². The standard InChI is InChI=1S/C21H28N6O2/c22-19(28)17-6-5-16(15-18(17)26-12-2-1-3-13-26)25-20(29)21(7-10-23-11-8-21)27-14-4-9-24-27/h4-6,9,14-15,23H,1-3,7-8,10-13H2,(H2,22,28)(H,25,29). The molecule has 2 amide bonds. The number of hydrogen-bond donors (Lipinski definition) is 3. The van der Waals surface area contributed by atoms with Crippen molar-refractivity contribution in [1.82, 2.24) is 15.1 Å². The van der Waals surface area contributed by atoms with Gasteiger partial charge in [0.1, 0.15) is 5.54 Å². The van der Waals surface area contributed by atoms with Crippen molar-refractivity contribution in [2.24, 2.45) is 5.73 Å². The maximum atomic E-state index is 13.4. The van der Waals surface area contributed by atoms with Crippen LogP contribution in [0, 0.1) is 0 Å². The van der Waals surface area contributed by atoms with Gasteiger partial charge in [-0.25, -0.2) is 0 Å². The van der Waals surface area contributed by atoms with Crippen LogP contribution in [0.15, 0.2) is 36.7 Å². The van der Waals surface area contributed by atoms with E-state index in [0.29, 0.717) is 24.1 Å². The lowest BCUT2D eigenvalue weighted by Gasteiger charge is -2.36. The first-order chi connectivity index (χ1) is 14.1. The van der Waals surface area contributed by atoms with Gasteiger partial charge in [-0.05, 0) is 69.5 Å². The third-order valence-corrected chi connectivity index (χ3v) is 6.01. The summed E-state index contributed by atoms with van der Waals surface area (Å²) in [7, 11) is 0. The van der Waals surface area contributed by atoms with Crippen LogP contribution in [0.2, 0.25) is 0 Å². The van der Waals surface area contributed by atoms with E-state index in [9.17, 15) is 9.59 Å². The van der Waals surface area contributed by atoms with Gasteiger partial charge in [0.25, 0.3) is 11.8 Å². The van der Waals surface area contributed by atoms with Gasteiger partial charge >= 0.3 is 0 Å². The van der Waals surface area contributed by atoms with Gasteiger partial charge < -0.3 is 21.3 Å². The van der Waals surface area contributed by atoms with E-state index in [-0.39, 0.29) is 5.91 Å². The highest BCUT2D eigenvalue weighted by Crippen LogP contribution is 2.31. The molecule has 2 saturated heterocycles. The van der Waals surface area contributed by atoms with Crippen LogP contribution in [0.5, 0.6) is 0 Å². The number of amides is 2. The average Bonchev–Trinajstić information content (AvgIpc) is 3.30. The molecule has 0 bridgehead atoms. The number of aromatic nitrogens is 2. The van der Waals surface area contributed by atoms with E-state index in [1.807, 2.05) is 18.3 Å². The summed E-state index contributed by atoms with van der Waals surface area (Å²) in [4.78, 5) is 27.5. The Morgan fingerprint density at radius 3 is 2.55 bits per heavy atom. The number of hydrogen-bond acceptors (Lipinski definition) is 5. The number of rotatable bonds is 5. The normalized spacial score (nSPS) is 19.0. The van der Waals surface area contributed by atoms with Crippen molar-refractivity contribution in [3.05, 3.63) is 42.2 Å². The molecule has 154 valence electrons. The van der Waals surface area contributed by atoms with Gasteiger partial charge in [-0.3, -0.25) is 14.3 Å². The summed E-state index contributed by atoms with van der Waals surface area (Å²) in [6, 6.07) is 7.18. The molecule has 4 N–H and O–H groups in total. The van der Waals surface area contributed by atoms with Crippen molar-refractivity contribution in [3.8, 4) is 0 Å². The Morgan fingerprint density at radius 2 is 1.90 bits per heavy atom. The molecule has 0 aliphatic carbocycles. The molecule has 0 atom stereocenters. The maximum Gasteiger partial charge on any atom is 0.252 e. The molecule has 29 heavy (non-hydrogen) atoms. The quantitative estimate of drug-likeness (QED) is 0.713. The minimum Gasteiger partial charge on any atom is -0.371 e. The Morgan fingerprint density at radius 1 is 1.14 bits per heavy atom. The second-order valence-corrected chi connectivity index (χ2v) is 7.83. The molecule has 0 saturated carbocycles. The second-order valence-electron chi connectivity index (χ2n) is 7.83. The number of nitrogens with two attached hydrogens (primary N) is 1. The van der Waals surface area contributed by atoms with E-state index < -0.39 is 11.4 Å². The van der Waals surface area contributed by atoms with Crippen molar-refractivity contribution in [2.75, 3.05) is 36.4 Å². The number of anilines is 2. The zero-order chi connectivity index (χ0) is 20.3. The maximum absolute atomic E-state index is 13.4. The lowest BCUT2D eigenvalue weighted by atomic mass is 9.87. The van der Waals surface area contributed by atoms with Crippen LogP contribution in [0.25, 0.3) is 0 Å². The van der Waals surface area contributed by atoms with Crippen molar-refractivity contribution < 1.29 is 9.59 Å². The number of nitrogens with one attached hydrogen (secondary N) is 2. The molecule has 0 radical (unpaired) electrons. The molecule has 0 unspecified atom stereocenters. The summed E-state index contributed by atoms with van der Waals surface area (Å²) in [6.07, 6.45) is 8.25. The van der Waals surface area contributed by atoms with Gasteiger partial charge in [0.2, 0.25) is 0 Å². The summed E-state index contributed by atoms with van der Waals surface area (Å²) in [5.74, 6) is -0.533. The highest BCUT2D eigenvalue weighted by Gasteiger charge is 2.42. The van der Waals surface area contributed by atoms with E-state index in [4.69, 9.17) is 5.73 Å². The highest BCUT2D eigenvalue weighted by atomic mass is 16.2. The summed E-state index contributed by atoms with van der Waals surface area (Å²) in [5.41, 5.74) is 6.85. The number of piperidine rings is 2. The predicted octanol–water partition coefficient (Wildman–Crippen LogP) is 1.69. The third kappa shape index (κ3) is 3.85. The third-order valence-electron chi connectivity index (χ3n) is 6.01. The Labute approximate surface area is 170 Å². The molecule has 8 heteroatoms. The van der Waals surface area contributed by atoms with Gasteiger partial charge in [0.05, 0.1) is 11.3 Å². The van der Waals surface area contributed by atoms with Crippen LogP contribution in [-0.4, -0.2) is 47.8 Å². The molecule has 1 aromatic heterocycles. The molecule has 2 aliphatic heterocycles. The van der Waals surface area contributed by atoms with E-state index in [2.05, 4.69) is 20.6 Å². The van der Waals surface area contributed by atoms with E-state index >= 15 is 0 Å². The number of benzene rings is 1. The highest BCUT2D eigenvalue weighted by molar-refractivity contribution is 6.01. The molecular formula is C21H28N6O2. The minimum absolute atomic E-state index is 0.0841. The molecule has 4 rings (SSSR count). The van der Waals surface area contributed by atoms with Crippen molar-refractivity contribution in [1.29, 1.82) is 0 Å². The first kappa shape index (κ1) is 19.4. The van der Waals surface area contributed by atoms with Crippen LogP contribution in [-0.2, 0) is 10.3 Å². The topological polar surface area (TPSA) is 105 Å². The fourth-order valence-electron chi connectivity index (χ4n) is 4.38. The Bertz CT molecular complexity index is 867. The number of carbonyl (C=O) groups excluding carboxylic acids is 2. The second kappa shape index (κ2) is 8.24. The summed E-state index contributed by atoms with van der Waals surface area (Å²) in [5, 5.41) is 10.8. The average molecular weight is 396 g/mol. The van der Waals surface area contributed by atoms with Crippen LogP contribution in [0.4, 0.5) is 11.4 Å². The number of nitrogens with zero attached hydrogens (tertiary/aromatic N) is 3. The number of carbonyl (C=O) groups is 2. The smallest absolute Gasteiger partial charge is 0.252 e. The summed E-state index contributed by atoms with van der Waals surface area (Å²) < 4.78 is 1.77. The Hall–Kier alpha value is -2.87. The lowest BCUT2D eigenvalue weighted by molar-refractivity contribution is -0.126. The van der Waals surface area contributed by atoms with E-state index in [1.54, 1.807) is 23.0 Å². The molecule has 0 spiro atoms. The largest absolute Gasteiger partial charge is 0.371 e. The van der Waals surface area contributed by atoms with Crippen LogP contribution >= 0.6 is 0 Å². The molecular weight excluding hydrogens is 368 g/mol. The van der Waals surface area contributed by atoms with Crippen LogP contribution < -0.4 is 21.3 Å². The van der Waals surface area contributed by atoms with Gasteiger partial charge in [-0.1, -0.05) is 0 Å². The fourth-order valence-corrected chi connectivity index (χ4v) is 4.38. The van der Waals surface area contributed by atoms with Crippen molar-refractivity contribution >= 4 is 23.2 Å². The Balaban J connectivity index is 1.62. The van der Waals surface area contributed by atoms with Crippen LogP contribution in [0.3, 0.4) is 0 Å². The lowest BCUT2D eigenvalue weighted by Crippen LogP contribution is -2.52. The van der Waals surface area contributed by atoms with Gasteiger partial charge in [0.15, 0.2) is 0 Å². The monoisotopic (exact) mass is 396 g/mol. The Kier molecular flexibility index (Phi) is 5.53. The fraction of sp³-hybridized carbons (Fsp3) is 0.476. The molecule has 2 aromatic rings.